The molecule has 1 N–H and O–H groups in total. The number of hydroxylamine groups is 1. The monoisotopic (exact) mass is 131 g/mol. The molecule has 0 radical (unpaired) electrons. The highest BCUT2D eigenvalue weighted by Gasteiger charge is 2.16. The van der Waals surface area contributed by atoms with Crippen molar-refractivity contribution < 1.29 is 9.63 Å². The van der Waals surface area contributed by atoms with Gasteiger partial charge in [-0.15, -0.1) is 0 Å². The van der Waals surface area contributed by atoms with Gasteiger partial charge in [0.05, 0.1) is 12.5 Å². The maximum Gasteiger partial charge on any atom is 0.246 e. The molecule has 1 unspecified atom stereocenters. The molecule has 9 heavy (non-hydrogen) atoms. The molecule has 1 rings (SSSR count). The Balaban J connectivity index is 0.000000291. The third-order valence-electron chi connectivity index (χ3n) is 0.847. The van der Waals surface area contributed by atoms with E-state index in [0.29, 0.717) is 6.42 Å². The molecule has 1 atom stereocenters. The molecule has 3 heteroatoms. The van der Waals surface area contributed by atoms with Gasteiger partial charge in [0.15, 0.2) is 0 Å². The minimum atomic E-state index is -0.0208. The maximum atomic E-state index is 10.2. The molecular weight excluding hydrogens is 118 g/mol. The Hall–Kier alpha value is -0.570. The standard InChI is InChI=1S/C4H7NO2.C2H6/c1-3-2-4(6)5-7-3;1-2/h3H,2H2,1H3,(H,5,6);1-2H3. The van der Waals surface area contributed by atoms with E-state index in [1.54, 1.807) is 0 Å². The van der Waals surface area contributed by atoms with Crippen LogP contribution in [0.1, 0.15) is 27.2 Å². The van der Waals surface area contributed by atoms with Gasteiger partial charge in [0.25, 0.3) is 0 Å². The largest absolute Gasteiger partial charge is 0.273 e. The molecule has 1 amide bonds. The lowest BCUT2D eigenvalue weighted by molar-refractivity contribution is -0.124. The lowest BCUT2D eigenvalue weighted by atomic mass is 10.3. The van der Waals surface area contributed by atoms with Crippen LogP contribution in [-0.2, 0) is 9.63 Å². The first-order chi connectivity index (χ1) is 4.29. The van der Waals surface area contributed by atoms with Crippen LogP contribution in [0.2, 0.25) is 0 Å². The predicted molar refractivity (Wildman–Crippen MR) is 34.7 cm³/mol. The number of rotatable bonds is 0. The summed E-state index contributed by atoms with van der Waals surface area (Å²) in [6.07, 6.45) is 0.562. The molecule has 0 aromatic rings. The summed E-state index contributed by atoms with van der Waals surface area (Å²) >= 11 is 0. The molecule has 3 nitrogen and oxygen atoms in total. The summed E-state index contributed by atoms with van der Waals surface area (Å²) in [4.78, 5) is 14.9. The second-order valence-corrected chi connectivity index (χ2v) is 1.66. The minimum Gasteiger partial charge on any atom is -0.273 e. The van der Waals surface area contributed by atoms with E-state index >= 15 is 0 Å². The predicted octanol–water partition coefficient (Wildman–Crippen LogP) is 0.853. The van der Waals surface area contributed by atoms with E-state index in [0.717, 1.165) is 0 Å². The average molecular weight is 131 g/mol. The summed E-state index contributed by atoms with van der Waals surface area (Å²) in [5.74, 6) is -0.0208. The third-order valence-corrected chi connectivity index (χ3v) is 0.847. The molecule has 1 aliphatic heterocycles. The number of nitrogens with one attached hydrogen (secondary N) is 1. The van der Waals surface area contributed by atoms with Gasteiger partial charge >= 0.3 is 0 Å². The van der Waals surface area contributed by atoms with Crippen LogP contribution in [-0.4, -0.2) is 12.0 Å². The summed E-state index contributed by atoms with van der Waals surface area (Å²) in [6, 6.07) is 0. The zero-order valence-corrected chi connectivity index (χ0v) is 6.10. The van der Waals surface area contributed by atoms with Crippen molar-refractivity contribution in [2.75, 3.05) is 0 Å². The van der Waals surface area contributed by atoms with Crippen LogP contribution in [0.4, 0.5) is 0 Å². The van der Waals surface area contributed by atoms with Crippen molar-refractivity contribution in [1.29, 1.82) is 0 Å². The van der Waals surface area contributed by atoms with E-state index < -0.39 is 0 Å². The summed E-state index contributed by atoms with van der Waals surface area (Å²) in [6.45, 7) is 5.85. The quantitative estimate of drug-likeness (QED) is 0.529. The lowest BCUT2D eigenvalue weighted by Crippen LogP contribution is -2.11. The smallest absolute Gasteiger partial charge is 0.246 e. The fourth-order valence-corrected chi connectivity index (χ4v) is 0.511. The molecule has 0 aromatic heterocycles. The molecule has 0 aromatic carbocycles. The maximum absolute atomic E-state index is 10.2. The molecule has 0 aliphatic carbocycles. The van der Waals surface area contributed by atoms with Gasteiger partial charge in [-0.2, -0.15) is 0 Å². The van der Waals surface area contributed by atoms with Crippen LogP contribution < -0.4 is 5.48 Å². The van der Waals surface area contributed by atoms with Gasteiger partial charge in [-0.3, -0.25) is 9.63 Å². The first kappa shape index (κ1) is 8.43. The normalized spacial score (nSPS) is 24.3. The van der Waals surface area contributed by atoms with E-state index in [-0.39, 0.29) is 12.0 Å². The topological polar surface area (TPSA) is 38.3 Å². The number of amides is 1. The summed E-state index contributed by atoms with van der Waals surface area (Å²) in [5.41, 5.74) is 2.23. The van der Waals surface area contributed by atoms with Crippen LogP contribution in [0.25, 0.3) is 0 Å². The number of hydrogen-bond donors (Lipinski definition) is 1. The molecule has 1 fully saturated rings. The fourth-order valence-electron chi connectivity index (χ4n) is 0.511. The van der Waals surface area contributed by atoms with E-state index in [9.17, 15) is 4.79 Å². The zero-order chi connectivity index (χ0) is 7.28. The van der Waals surface area contributed by atoms with Crippen molar-refractivity contribution in [2.45, 2.75) is 33.3 Å². The summed E-state index contributed by atoms with van der Waals surface area (Å²) in [5, 5.41) is 0. The van der Waals surface area contributed by atoms with Gasteiger partial charge < -0.3 is 0 Å². The van der Waals surface area contributed by atoms with Crippen molar-refractivity contribution in [1.82, 2.24) is 5.48 Å². The fraction of sp³-hybridized carbons (Fsp3) is 0.833. The first-order valence-corrected chi connectivity index (χ1v) is 3.23. The second-order valence-electron chi connectivity index (χ2n) is 1.66. The van der Waals surface area contributed by atoms with Gasteiger partial charge in [0.2, 0.25) is 5.91 Å². The SMILES string of the molecule is CC.CC1CC(=O)NO1. The number of carbonyl (C=O) groups is 1. The summed E-state index contributed by atoms with van der Waals surface area (Å²) < 4.78 is 0. The highest BCUT2D eigenvalue weighted by molar-refractivity contribution is 5.76. The first-order valence-electron chi connectivity index (χ1n) is 3.23. The Morgan fingerprint density at radius 1 is 1.67 bits per heavy atom. The lowest BCUT2D eigenvalue weighted by Gasteiger charge is -1.91. The van der Waals surface area contributed by atoms with Gasteiger partial charge in [-0.05, 0) is 6.92 Å². The minimum absolute atomic E-state index is 0.0208. The van der Waals surface area contributed by atoms with E-state index in [1.165, 1.54) is 0 Å². The van der Waals surface area contributed by atoms with Crippen molar-refractivity contribution >= 4 is 5.91 Å². The van der Waals surface area contributed by atoms with Gasteiger partial charge in [0, 0.05) is 0 Å². The highest BCUT2D eigenvalue weighted by atomic mass is 16.7. The van der Waals surface area contributed by atoms with Crippen molar-refractivity contribution in [3.63, 3.8) is 0 Å². The van der Waals surface area contributed by atoms with E-state index in [4.69, 9.17) is 0 Å². The third kappa shape index (κ3) is 3.08. The van der Waals surface area contributed by atoms with Crippen LogP contribution >= 0.6 is 0 Å². The Kier molecular flexibility index (Phi) is 4.05. The van der Waals surface area contributed by atoms with Crippen molar-refractivity contribution in [2.24, 2.45) is 0 Å². The van der Waals surface area contributed by atoms with Crippen LogP contribution in [0.5, 0.6) is 0 Å². The molecule has 1 heterocycles. The van der Waals surface area contributed by atoms with Crippen molar-refractivity contribution in [3.8, 4) is 0 Å². The van der Waals surface area contributed by atoms with Crippen LogP contribution in [0, 0.1) is 0 Å². The molecule has 0 saturated carbocycles. The average Bonchev–Trinajstić information content (AvgIpc) is 2.20. The van der Waals surface area contributed by atoms with Gasteiger partial charge in [-0.1, -0.05) is 13.8 Å². The zero-order valence-electron chi connectivity index (χ0n) is 6.10. The van der Waals surface area contributed by atoms with Crippen LogP contribution in [0.3, 0.4) is 0 Å². The molecule has 1 saturated heterocycles. The van der Waals surface area contributed by atoms with Gasteiger partial charge in [-0.25, -0.2) is 5.48 Å². The molecule has 0 spiro atoms. The summed E-state index contributed by atoms with van der Waals surface area (Å²) in [7, 11) is 0. The Morgan fingerprint density at radius 2 is 2.22 bits per heavy atom. The number of carbonyl (C=O) groups excluding carboxylic acids is 1. The second kappa shape index (κ2) is 4.32. The van der Waals surface area contributed by atoms with Gasteiger partial charge in [0.1, 0.15) is 0 Å². The Labute approximate surface area is 55.3 Å². The number of hydrogen-bond acceptors (Lipinski definition) is 2. The van der Waals surface area contributed by atoms with Crippen LogP contribution in [0.15, 0.2) is 0 Å². The molecule has 0 bridgehead atoms. The van der Waals surface area contributed by atoms with E-state index in [2.05, 4.69) is 10.3 Å². The molecular formula is C6H13NO2. The van der Waals surface area contributed by atoms with Crippen molar-refractivity contribution in [3.05, 3.63) is 0 Å². The Morgan fingerprint density at radius 3 is 2.33 bits per heavy atom. The molecule has 54 valence electrons. The van der Waals surface area contributed by atoms with E-state index in [1.807, 2.05) is 20.8 Å². The molecule has 1 aliphatic rings. The Bertz CT molecular complexity index is 93.1. The highest BCUT2D eigenvalue weighted by Crippen LogP contribution is 2.00.